The number of fused-ring (bicyclic) bond motifs is 1. The largest absolute Gasteiger partial charge is 0.485 e. The minimum Gasteiger partial charge on any atom is -0.485 e. The Morgan fingerprint density at radius 2 is 1.84 bits per heavy atom. The van der Waals surface area contributed by atoms with Gasteiger partial charge in [0.05, 0.1) is 6.42 Å². The number of hydrogen-bond acceptors (Lipinski definition) is 3. The van der Waals surface area contributed by atoms with E-state index in [1.807, 2.05) is 0 Å². The Morgan fingerprint density at radius 3 is 2.56 bits per heavy atom. The second kappa shape index (κ2) is 9.03. The molecule has 5 rings (SSSR count). The van der Waals surface area contributed by atoms with E-state index in [1.165, 1.54) is 27.1 Å². The molecule has 3 nitrogen and oxygen atoms in total. The van der Waals surface area contributed by atoms with Gasteiger partial charge in [0.15, 0.2) is 0 Å². The van der Waals surface area contributed by atoms with Gasteiger partial charge in [0, 0.05) is 4.90 Å². The zero-order valence-electron chi connectivity index (χ0n) is 18.3. The number of aliphatic carboxylic acids is 1. The van der Waals surface area contributed by atoms with Crippen LogP contribution in [0, 0.1) is 5.92 Å². The predicted octanol–water partition coefficient (Wildman–Crippen LogP) is 7.11. The summed E-state index contributed by atoms with van der Waals surface area (Å²) in [5.74, 6) is 0.798. The number of carbonyl (C=O) groups is 1. The predicted molar refractivity (Wildman–Crippen MR) is 130 cm³/mol. The number of hydrogen-bond donors (Lipinski definition) is 1. The van der Waals surface area contributed by atoms with Crippen molar-refractivity contribution in [1.29, 1.82) is 0 Å². The molecule has 3 aromatic rings. The van der Waals surface area contributed by atoms with Crippen LogP contribution in [0.5, 0.6) is 5.75 Å². The molecule has 164 valence electrons. The highest BCUT2D eigenvalue weighted by atomic mass is 32.2. The first-order chi connectivity index (χ1) is 15.6. The van der Waals surface area contributed by atoms with Crippen molar-refractivity contribution < 1.29 is 14.6 Å². The molecule has 0 bridgehead atoms. The first kappa shape index (κ1) is 21.1. The van der Waals surface area contributed by atoms with E-state index in [1.54, 1.807) is 11.8 Å². The van der Waals surface area contributed by atoms with Gasteiger partial charge in [-0.2, -0.15) is 0 Å². The molecule has 1 fully saturated rings. The van der Waals surface area contributed by atoms with Gasteiger partial charge in [0.1, 0.15) is 11.9 Å². The van der Waals surface area contributed by atoms with Crippen molar-refractivity contribution in [2.24, 2.45) is 5.92 Å². The zero-order valence-corrected chi connectivity index (χ0v) is 19.1. The molecule has 1 saturated carbocycles. The monoisotopic (exact) mass is 444 g/mol. The Hall–Kier alpha value is -2.72. The van der Waals surface area contributed by atoms with E-state index < -0.39 is 5.97 Å². The van der Waals surface area contributed by atoms with Gasteiger partial charge >= 0.3 is 5.97 Å². The zero-order chi connectivity index (χ0) is 22.1. The molecule has 0 aromatic heterocycles. The van der Waals surface area contributed by atoms with E-state index >= 15 is 0 Å². The van der Waals surface area contributed by atoms with Gasteiger partial charge in [0.25, 0.3) is 0 Å². The third-order valence-corrected chi connectivity index (χ3v) is 7.46. The average Bonchev–Trinajstić information content (AvgIpc) is 3.67. The lowest BCUT2D eigenvalue weighted by molar-refractivity contribution is -0.137. The molecule has 1 aliphatic carbocycles. The van der Waals surface area contributed by atoms with Crippen LogP contribution in [-0.2, 0) is 11.2 Å². The van der Waals surface area contributed by atoms with E-state index in [4.69, 9.17) is 4.74 Å². The Labute approximate surface area is 193 Å². The van der Waals surface area contributed by atoms with E-state index in [-0.39, 0.29) is 18.4 Å². The quantitative estimate of drug-likeness (QED) is 0.394. The van der Waals surface area contributed by atoms with E-state index in [0.29, 0.717) is 5.92 Å². The van der Waals surface area contributed by atoms with Crippen LogP contribution < -0.4 is 4.74 Å². The van der Waals surface area contributed by atoms with Gasteiger partial charge in [-0.1, -0.05) is 48.5 Å². The summed E-state index contributed by atoms with van der Waals surface area (Å²) in [7, 11) is 0. The highest BCUT2D eigenvalue weighted by molar-refractivity contribution is 7.98. The summed E-state index contributed by atoms with van der Waals surface area (Å²) in [6.45, 7) is 0. The Balaban J connectivity index is 1.35. The van der Waals surface area contributed by atoms with Crippen LogP contribution in [0.15, 0.2) is 71.6 Å². The highest BCUT2D eigenvalue weighted by Gasteiger charge is 2.34. The molecule has 2 aliphatic rings. The van der Waals surface area contributed by atoms with Crippen molar-refractivity contribution in [2.45, 2.75) is 49.0 Å². The van der Waals surface area contributed by atoms with Crippen molar-refractivity contribution in [3.05, 3.63) is 83.4 Å². The number of carboxylic acid groups (broad SMARTS) is 1. The molecular formula is C28H28O3S. The Bertz CT molecular complexity index is 1120. The van der Waals surface area contributed by atoms with Crippen LogP contribution in [0.4, 0.5) is 0 Å². The fraction of sp³-hybridized carbons (Fsp3) is 0.321. The lowest BCUT2D eigenvalue weighted by atomic mass is 9.88. The molecule has 0 radical (unpaired) electrons. The van der Waals surface area contributed by atoms with E-state index in [0.717, 1.165) is 37.0 Å². The van der Waals surface area contributed by atoms with Gasteiger partial charge in [0.2, 0.25) is 0 Å². The molecule has 2 unspecified atom stereocenters. The molecule has 0 saturated heterocycles. The standard InChI is InChI=1S/C28H28O3S/c1-32-24-4-2-3-22(15-24)18-5-9-20(10-6-18)26-14-13-21-11-12-23(16-27(21)31-26)25(17-28(29)30)19-7-8-19/h2-6,9-12,15-16,19,25-26H,7-8,13-14,17H2,1H3,(H,29,30). The molecule has 32 heavy (non-hydrogen) atoms. The molecule has 1 aliphatic heterocycles. The summed E-state index contributed by atoms with van der Waals surface area (Å²) in [6.07, 6.45) is 6.52. The summed E-state index contributed by atoms with van der Waals surface area (Å²) in [5.41, 5.74) is 5.96. The SMILES string of the molecule is CSc1cccc(-c2ccc(C3CCc4ccc(C(CC(=O)O)C5CC5)cc4O3)cc2)c1. The maximum atomic E-state index is 11.4. The molecule has 0 amide bonds. The highest BCUT2D eigenvalue weighted by Crippen LogP contribution is 2.46. The smallest absolute Gasteiger partial charge is 0.303 e. The van der Waals surface area contributed by atoms with E-state index in [2.05, 4.69) is 73.0 Å². The molecule has 4 heteroatoms. The minimum atomic E-state index is -0.721. The van der Waals surface area contributed by atoms with E-state index in [9.17, 15) is 9.90 Å². The van der Waals surface area contributed by atoms with Crippen molar-refractivity contribution in [1.82, 2.24) is 0 Å². The summed E-state index contributed by atoms with van der Waals surface area (Å²) in [6, 6.07) is 23.7. The molecular weight excluding hydrogens is 416 g/mol. The number of thioether (sulfide) groups is 1. The second-order valence-corrected chi connectivity index (χ2v) is 9.79. The van der Waals surface area contributed by atoms with Gasteiger partial charge in [-0.05, 0) is 89.8 Å². The maximum Gasteiger partial charge on any atom is 0.303 e. The minimum absolute atomic E-state index is 0.0307. The molecule has 1 N–H and O–H groups in total. The second-order valence-electron chi connectivity index (χ2n) is 8.91. The maximum absolute atomic E-state index is 11.4. The van der Waals surface area contributed by atoms with Crippen LogP contribution in [0.25, 0.3) is 11.1 Å². The van der Waals surface area contributed by atoms with Crippen LogP contribution >= 0.6 is 11.8 Å². The molecule has 0 spiro atoms. The number of rotatable bonds is 7. The van der Waals surface area contributed by atoms with Crippen molar-refractivity contribution >= 4 is 17.7 Å². The van der Waals surface area contributed by atoms with Crippen LogP contribution in [0.3, 0.4) is 0 Å². The molecule has 3 aromatic carbocycles. The third kappa shape index (κ3) is 4.56. The van der Waals surface area contributed by atoms with Gasteiger partial charge in [-0.15, -0.1) is 11.8 Å². The summed E-state index contributed by atoms with van der Waals surface area (Å²) in [4.78, 5) is 12.6. The lowest BCUT2D eigenvalue weighted by Gasteiger charge is -2.28. The fourth-order valence-electron chi connectivity index (χ4n) is 4.79. The van der Waals surface area contributed by atoms with Crippen LogP contribution in [0.2, 0.25) is 0 Å². The van der Waals surface area contributed by atoms with Crippen LogP contribution in [-0.4, -0.2) is 17.3 Å². The number of carboxylic acids is 1. The topological polar surface area (TPSA) is 46.5 Å². The van der Waals surface area contributed by atoms with Crippen molar-refractivity contribution in [3.8, 4) is 16.9 Å². The average molecular weight is 445 g/mol. The normalized spacial score (nSPS) is 18.5. The van der Waals surface area contributed by atoms with Crippen molar-refractivity contribution in [3.63, 3.8) is 0 Å². The third-order valence-electron chi connectivity index (χ3n) is 6.74. The summed E-state index contributed by atoms with van der Waals surface area (Å²) in [5, 5.41) is 9.35. The summed E-state index contributed by atoms with van der Waals surface area (Å²) < 4.78 is 6.45. The Morgan fingerprint density at radius 1 is 1.03 bits per heavy atom. The first-order valence-corrected chi connectivity index (χ1v) is 12.6. The van der Waals surface area contributed by atoms with Gasteiger partial charge < -0.3 is 9.84 Å². The van der Waals surface area contributed by atoms with Crippen LogP contribution in [0.1, 0.15) is 54.4 Å². The first-order valence-electron chi connectivity index (χ1n) is 11.4. The number of ether oxygens (including phenoxy) is 1. The van der Waals surface area contributed by atoms with Gasteiger partial charge in [-0.3, -0.25) is 4.79 Å². The number of benzene rings is 3. The Kier molecular flexibility index (Phi) is 5.97. The fourth-order valence-corrected chi connectivity index (χ4v) is 5.25. The number of aryl methyl sites for hydroxylation is 1. The molecule has 1 heterocycles. The summed E-state index contributed by atoms with van der Waals surface area (Å²) >= 11 is 1.76. The molecule has 2 atom stereocenters. The lowest BCUT2D eigenvalue weighted by Crippen LogP contribution is -2.16. The van der Waals surface area contributed by atoms with Crippen molar-refractivity contribution in [2.75, 3.05) is 6.26 Å². The van der Waals surface area contributed by atoms with Gasteiger partial charge in [-0.25, -0.2) is 0 Å².